The van der Waals surface area contributed by atoms with Gasteiger partial charge in [-0.25, -0.2) is 0 Å². The van der Waals surface area contributed by atoms with E-state index in [1.807, 2.05) is 0 Å². The summed E-state index contributed by atoms with van der Waals surface area (Å²) in [5.41, 5.74) is 3.74. The first-order chi connectivity index (χ1) is 12.0. The molecule has 0 heterocycles. The SMILES string of the molecule is COc1ccc2c(c1)C[C@@H](C)[C@@H]1[C@@H]2CC[C@]2(C)[C@H](C=O)[C@@H](C)[C@@H]3C[C@]132. The number of hydrogen-bond donors (Lipinski definition) is 0. The standard InChI is InChI=1S/C23H30O2/c1-13-9-15-10-16(25-4)5-6-17(15)18-7-8-22(3)20(12-24)14(2)19-11-23(19,22)21(13)18/h5-6,10,12-14,18-21H,7-9,11H2,1-4H3/t13-,14+,18-,19+,20-,21-,22-,23-/m1/s1. The lowest BCUT2D eigenvalue weighted by atomic mass is 9.49. The third-order valence-electron chi connectivity index (χ3n) is 9.11. The molecule has 2 heteroatoms. The van der Waals surface area contributed by atoms with Gasteiger partial charge < -0.3 is 9.53 Å². The van der Waals surface area contributed by atoms with Crippen molar-refractivity contribution < 1.29 is 9.53 Å². The number of carbonyl (C=O) groups excluding carboxylic acids is 1. The quantitative estimate of drug-likeness (QED) is 0.720. The molecule has 0 saturated heterocycles. The van der Waals surface area contributed by atoms with Gasteiger partial charge in [0.2, 0.25) is 0 Å². The van der Waals surface area contributed by atoms with Crippen molar-refractivity contribution >= 4 is 6.29 Å². The highest BCUT2D eigenvalue weighted by molar-refractivity contribution is 5.59. The van der Waals surface area contributed by atoms with Crippen LogP contribution >= 0.6 is 0 Å². The van der Waals surface area contributed by atoms with Crippen LogP contribution in [0, 0.1) is 40.4 Å². The molecule has 4 aliphatic carbocycles. The van der Waals surface area contributed by atoms with Crippen LogP contribution in [0.15, 0.2) is 18.2 Å². The van der Waals surface area contributed by atoms with Crippen LogP contribution in [0.3, 0.4) is 0 Å². The Morgan fingerprint density at radius 2 is 2.08 bits per heavy atom. The second kappa shape index (κ2) is 4.90. The molecule has 0 bridgehead atoms. The smallest absolute Gasteiger partial charge is 0.123 e. The molecule has 0 aromatic heterocycles. The minimum Gasteiger partial charge on any atom is -0.497 e. The Morgan fingerprint density at radius 1 is 1.28 bits per heavy atom. The van der Waals surface area contributed by atoms with Gasteiger partial charge in [-0.3, -0.25) is 0 Å². The number of carbonyl (C=O) groups is 1. The first kappa shape index (κ1) is 15.9. The van der Waals surface area contributed by atoms with E-state index < -0.39 is 0 Å². The van der Waals surface area contributed by atoms with Crippen LogP contribution < -0.4 is 4.74 Å². The lowest BCUT2D eigenvalue weighted by Crippen LogP contribution is -2.49. The third kappa shape index (κ3) is 1.70. The highest BCUT2D eigenvalue weighted by Crippen LogP contribution is 2.84. The van der Waals surface area contributed by atoms with Crippen molar-refractivity contribution in [1.29, 1.82) is 0 Å². The average Bonchev–Trinajstić information content (AvgIpc) is 3.30. The molecular weight excluding hydrogens is 308 g/mol. The summed E-state index contributed by atoms with van der Waals surface area (Å²) in [7, 11) is 1.76. The molecule has 0 aliphatic heterocycles. The molecular formula is C23H30O2. The van der Waals surface area contributed by atoms with Crippen LogP contribution in [0.2, 0.25) is 0 Å². The normalized spacial score (nSPS) is 49.4. The molecule has 1 aromatic rings. The zero-order valence-corrected chi connectivity index (χ0v) is 15.9. The molecule has 3 fully saturated rings. The molecule has 0 N–H and O–H groups in total. The summed E-state index contributed by atoms with van der Waals surface area (Å²) < 4.78 is 5.47. The van der Waals surface area contributed by atoms with Gasteiger partial charge in [-0.1, -0.05) is 26.8 Å². The Labute approximate surface area is 151 Å². The fraction of sp³-hybridized carbons (Fsp3) is 0.696. The van der Waals surface area contributed by atoms with E-state index in [2.05, 4.69) is 39.0 Å². The van der Waals surface area contributed by atoms with Crippen molar-refractivity contribution in [3.63, 3.8) is 0 Å². The fourth-order valence-electron chi connectivity index (χ4n) is 8.16. The van der Waals surface area contributed by atoms with Gasteiger partial charge in [0.25, 0.3) is 0 Å². The van der Waals surface area contributed by atoms with E-state index in [9.17, 15) is 4.79 Å². The number of rotatable bonds is 2. The summed E-state index contributed by atoms with van der Waals surface area (Å²) in [6, 6.07) is 6.75. The lowest BCUT2D eigenvalue weighted by molar-refractivity contribution is -0.120. The second-order valence-electron chi connectivity index (χ2n) is 9.71. The zero-order chi connectivity index (χ0) is 17.6. The van der Waals surface area contributed by atoms with Gasteiger partial charge in [-0.15, -0.1) is 0 Å². The number of benzene rings is 1. The van der Waals surface area contributed by atoms with Gasteiger partial charge in [-0.2, -0.15) is 0 Å². The van der Waals surface area contributed by atoms with Gasteiger partial charge in [0, 0.05) is 5.92 Å². The predicted molar refractivity (Wildman–Crippen MR) is 98.7 cm³/mol. The summed E-state index contributed by atoms with van der Waals surface area (Å²) in [6.45, 7) is 7.28. The molecule has 0 amide bonds. The largest absolute Gasteiger partial charge is 0.497 e. The molecule has 8 atom stereocenters. The van der Waals surface area contributed by atoms with Crippen molar-refractivity contribution in [1.82, 2.24) is 0 Å². The molecule has 5 rings (SSSR count). The Morgan fingerprint density at radius 3 is 2.80 bits per heavy atom. The Kier molecular flexibility index (Phi) is 3.12. The molecule has 25 heavy (non-hydrogen) atoms. The summed E-state index contributed by atoms with van der Waals surface area (Å²) >= 11 is 0. The van der Waals surface area contributed by atoms with Crippen LogP contribution in [0.5, 0.6) is 5.75 Å². The van der Waals surface area contributed by atoms with E-state index in [1.165, 1.54) is 37.5 Å². The Balaban J connectivity index is 1.61. The summed E-state index contributed by atoms with van der Waals surface area (Å²) in [5, 5.41) is 0. The maximum Gasteiger partial charge on any atom is 0.123 e. The maximum absolute atomic E-state index is 11.9. The lowest BCUT2D eigenvalue weighted by Gasteiger charge is -2.55. The van der Waals surface area contributed by atoms with E-state index in [1.54, 1.807) is 12.7 Å². The molecule has 2 nitrogen and oxygen atoms in total. The molecule has 4 aliphatic rings. The highest BCUT2D eigenvalue weighted by atomic mass is 16.5. The van der Waals surface area contributed by atoms with Crippen LogP contribution in [0.4, 0.5) is 0 Å². The summed E-state index contributed by atoms with van der Waals surface area (Å²) in [4.78, 5) is 11.9. The van der Waals surface area contributed by atoms with Crippen molar-refractivity contribution in [2.45, 2.75) is 52.4 Å². The molecule has 0 radical (unpaired) electrons. The van der Waals surface area contributed by atoms with E-state index in [-0.39, 0.29) is 11.3 Å². The zero-order valence-electron chi connectivity index (χ0n) is 15.9. The van der Waals surface area contributed by atoms with Crippen molar-refractivity contribution in [2.24, 2.45) is 40.4 Å². The van der Waals surface area contributed by atoms with Crippen LogP contribution in [-0.2, 0) is 11.2 Å². The van der Waals surface area contributed by atoms with Gasteiger partial charge in [0.15, 0.2) is 0 Å². The van der Waals surface area contributed by atoms with Gasteiger partial charge in [-0.05, 0) is 89.4 Å². The van der Waals surface area contributed by atoms with E-state index in [0.717, 1.165) is 17.6 Å². The van der Waals surface area contributed by atoms with Crippen molar-refractivity contribution in [3.8, 4) is 5.75 Å². The highest BCUT2D eigenvalue weighted by Gasteiger charge is 2.79. The average molecular weight is 338 g/mol. The van der Waals surface area contributed by atoms with Gasteiger partial charge >= 0.3 is 0 Å². The topological polar surface area (TPSA) is 26.3 Å². The molecule has 1 aromatic carbocycles. The summed E-state index contributed by atoms with van der Waals surface area (Å²) in [6.07, 6.45) is 6.31. The first-order valence-corrected chi connectivity index (χ1v) is 10.1. The number of methoxy groups -OCH3 is 1. The Hall–Kier alpha value is -1.31. The van der Waals surface area contributed by atoms with E-state index in [4.69, 9.17) is 4.74 Å². The minimum atomic E-state index is 0.234. The van der Waals surface area contributed by atoms with E-state index >= 15 is 0 Å². The number of ether oxygens (including phenoxy) is 1. The predicted octanol–water partition coefficient (Wildman–Crippen LogP) is 4.86. The monoisotopic (exact) mass is 338 g/mol. The van der Waals surface area contributed by atoms with Gasteiger partial charge in [0.05, 0.1) is 7.11 Å². The van der Waals surface area contributed by atoms with Crippen LogP contribution in [0.25, 0.3) is 0 Å². The number of hydrogen-bond acceptors (Lipinski definition) is 2. The fourth-order valence-corrected chi connectivity index (χ4v) is 8.16. The van der Waals surface area contributed by atoms with Crippen LogP contribution in [0.1, 0.15) is 57.1 Å². The molecule has 134 valence electrons. The van der Waals surface area contributed by atoms with Crippen LogP contribution in [-0.4, -0.2) is 13.4 Å². The third-order valence-corrected chi connectivity index (χ3v) is 9.11. The van der Waals surface area contributed by atoms with Gasteiger partial charge in [0.1, 0.15) is 12.0 Å². The van der Waals surface area contributed by atoms with Crippen molar-refractivity contribution in [3.05, 3.63) is 29.3 Å². The number of fused-ring (bicyclic) bond motifs is 3. The first-order valence-electron chi connectivity index (χ1n) is 10.1. The van der Waals surface area contributed by atoms with Crippen molar-refractivity contribution in [2.75, 3.05) is 7.11 Å². The maximum atomic E-state index is 11.9. The second-order valence-corrected chi connectivity index (χ2v) is 9.71. The molecule has 0 unspecified atom stereocenters. The number of aldehydes is 1. The molecule has 3 saturated carbocycles. The molecule has 1 spiro atoms. The van der Waals surface area contributed by atoms with E-state index in [0.29, 0.717) is 23.2 Å². The summed E-state index contributed by atoms with van der Waals surface area (Å²) in [5.74, 6) is 4.75. The minimum absolute atomic E-state index is 0.234. The Bertz CT molecular complexity index is 740.